The number of nitrogen functional groups attached to an aromatic ring is 1. The van der Waals surface area contributed by atoms with E-state index in [0.717, 1.165) is 16.6 Å². The Morgan fingerprint density at radius 3 is 2.50 bits per heavy atom. The number of anilines is 1. The van der Waals surface area contributed by atoms with Gasteiger partial charge in [0.25, 0.3) is 0 Å². The molecule has 0 fully saturated rings. The molecule has 2 nitrogen and oxygen atoms in total. The van der Waals surface area contributed by atoms with E-state index >= 15 is 0 Å². The van der Waals surface area contributed by atoms with E-state index in [4.69, 9.17) is 5.73 Å². The Bertz CT molecular complexity index is 505. The lowest BCUT2D eigenvalue weighted by molar-refractivity contribution is 0.577. The summed E-state index contributed by atoms with van der Waals surface area (Å²) in [5, 5.41) is 5.14. The fraction of sp³-hybridized carbons (Fsp3) is 0.231. The molecule has 0 aliphatic heterocycles. The summed E-state index contributed by atoms with van der Waals surface area (Å²) in [6.07, 6.45) is 0.583. The molecule has 2 rings (SSSR count). The van der Waals surface area contributed by atoms with Gasteiger partial charge in [-0.15, -0.1) is 11.3 Å². The van der Waals surface area contributed by atoms with Crippen LogP contribution in [0.4, 0.5) is 14.5 Å². The number of hydrogen-bond donors (Lipinski definition) is 2. The lowest BCUT2D eigenvalue weighted by Gasteiger charge is -2.05. The molecule has 0 amide bonds. The van der Waals surface area contributed by atoms with E-state index in [-0.39, 0.29) is 0 Å². The number of rotatable bonds is 5. The lowest BCUT2D eigenvalue weighted by atomic mass is 10.1. The minimum atomic E-state index is -0.535. The first kappa shape index (κ1) is 13.0. The molecule has 0 atom stereocenters. The van der Waals surface area contributed by atoms with Gasteiger partial charge in [-0.1, -0.05) is 0 Å². The van der Waals surface area contributed by atoms with Gasteiger partial charge in [0, 0.05) is 23.2 Å². The third-order valence-corrected chi connectivity index (χ3v) is 3.51. The fourth-order valence-corrected chi connectivity index (χ4v) is 2.45. The molecule has 5 heteroatoms. The Labute approximate surface area is 108 Å². The van der Waals surface area contributed by atoms with Crippen molar-refractivity contribution in [1.29, 1.82) is 0 Å². The normalized spacial score (nSPS) is 10.8. The van der Waals surface area contributed by atoms with Crippen LogP contribution in [0.15, 0.2) is 29.6 Å². The average Bonchev–Trinajstić information content (AvgIpc) is 2.69. The van der Waals surface area contributed by atoms with Crippen molar-refractivity contribution in [3.63, 3.8) is 0 Å². The molecular formula is C13H14F2N2S. The summed E-state index contributed by atoms with van der Waals surface area (Å²) in [7, 11) is 0. The Hall–Kier alpha value is -1.46. The Morgan fingerprint density at radius 2 is 1.89 bits per heavy atom. The highest BCUT2D eigenvalue weighted by Crippen LogP contribution is 2.18. The largest absolute Gasteiger partial charge is 0.398 e. The van der Waals surface area contributed by atoms with Crippen LogP contribution in [-0.2, 0) is 13.0 Å². The van der Waals surface area contributed by atoms with Gasteiger partial charge in [-0.2, -0.15) is 0 Å². The molecule has 0 radical (unpaired) electrons. The van der Waals surface area contributed by atoms with Crippen LogP contribution in [0.5, 0.6) is 0 Å². The molecule has 0 saturated heterocycles. The van der Waals surface area contributed by atoms with Crippen LogP contribution < -0.4 is 11.1 Å². The first-order chi connectivity index (χ1) is 8.65. The fourth-order valence-electron chi connectivity index (χ4n) is 1.68. The number of thiophene rings is 1. The molecule has 1 heterocycles. The Kier molecular flexibility index (Phi) is 4.28. The van der Waals surface area contributed by atoms with Crippen molar-refractivity contribution in [3.05, 3.63) is 51.7 Å². The Balaban J connectivity index is 1.80. The quantitative estimate of drug-likeness (QED) is 0.818. The van der Waals surface area contributed by atoms with Crippen molar-refractivity contribution in [3.8, 4) is 0 Å². The van der Waals surface area contributed by atoms with Crippen LogP contribution in [0.2, 0.25) is 0 Å². The van der Waals surface area contributed by atoms with E-state index in [1.165, 1.54) is 12.1 Å². The van der Waals surface area contributed by atoms with Gasteiger partial charge in [0.15, 0.2) is 0 Å². The molecular weight excluding hydrogens is 254 g/mol. The summed E-state index contributed by atoms with van der Waals surface area (Å²) < 4.78 is 25.9. The highest BCUT2D eigenvalue weighted by atomic mass is 32.1. The summed E-state index contributed by atoms with van der Waals surface area (Å²) in [4.78, 5) is 1.08. The van der Waals surface area contributed by atoms with Crippen molar-refractivity contribution < 1.29 is 8.78 Å². The topological polar surface area (TPSA) is 38.0 Å². The number of nitrogens with two attached hydrogens (primary N) is 1. The minimum Gasteiger partial charge on any atom is -0.398 e. The van der Waals surface area contributed by atoms with E-state index in [9.17, 15) is 8.78 Å². The van der Waals surface area contributed by atoms with Gasteiger partial charge in [0.2, 0.25) is 0 Å². The Morgan fingerprint density at radius 1 is 1.17 bits per heavy atom. The van der Waals surface area contributed by atoms with Gasteiger partial charge >= 0.3 is 0 Å². The first-order valence-electron chi connectivity index (χ1n) is 5.62. The van der Waals surface area contributed by atoms with Gasteiger partial charge in [0.05, 0.1) is 0 Å². The molecule has 0 unspecified atom stereocenters. The predicted octanol–water partition coefficient (Wildman–Crippen LogP) is 2.94. The molecule has 96 valence electrons. The summed E-state index contributed by atoms with van der Waals surface area (Å²) in [5.74, 6) is -1.07. The highest BCUT2D eigenvalue weighted by Gasteiger charge is 2.02. The van der Waals surface area contributed by atoms with Gasteiger partial charge in [-0.05, 0) is 42.1 Å². The average molecular weight is 268 g/mol. The molecule has 1 aromatic heterocycles. The number of nitrogens with one attached hydrogen (secondary N) is 1. The van der Waals surface area contributed by atoms with E-state index in [0.29, 0.717) is 25.1 Å². The van der Waals surface area contributed by atoms with Gasteiger partial charge in [0.1, 0.15) is 11.6 Å². The maximum Gasteiger partial charge on any atom is 0.126 e. The second-order valence-corrected chi connectivity index (χ2v) is 5.00. The number of hydrogen-bond acceptors (Lipinski definition) is 3. The molecule has 0 saturated carbocycles. The number of halogens is 2. The van der Waals surface area contributed by atoms with Crippen LogP contribution in [0.25, 0.3) is 0 Å². The SMILES string of the molecule is Nc1ccsc1CNCCc1cc(F)cc(F)c1. The summed E-state index contributed by atoms with van der Waals surface area (Å²) >= 11 is 1.59. The van der Waals surface area contributed by atoms with Crippen LogP contribution in [0.3, 0.4) is 0 Å². The van der Waals surface area contributed by atoms with Crippen molar-refractivity contribution in [1.82, 2.24) is 5.32 Å². The minimum absolute atomic E-state index is 0.535. The van der Waals surface area contributed by atoms with Gasteiger partial charge in [-0.3, -0.25) is 0 Å². The second kappa shape index (κ2) is 5.93. The molecule has 18 heavy (non-hydrogen) atoms. The molecule has 2 aromatic rings. The van der Waals surface area contributed by atoms with Crippen molar-refractivity contribution >= 4 is 17.0 Å². The van der Waals surface area contributed by atoms with Crippen LogP contribution in [0, 0.1) is 11.6 Å². The zero-order valence-electron chi connectivity index (χ0n) is 9.75. The third-order valence-electron chi connectivity index (χ3n) is 2.58. The third kappa shape index (κ3) is 3.51. The zero-order valence-corrected chi connectivity index (χ0v) is 10.6. The first-order valence-corrected chi connectivity index (χ1v) is 6.50. The maximum absolute atomic E-state index is 12.9. The molecule has 0 spiro atoms. The summed E-state index contributed by atoms with van der Waals surface area (Å²) in [6.45, 7) is 1.33. The molecule has 0 aliphatic rings. The van der Waals surface area contributed by atoms with Crippen molar-refractivity contribution in [2.75, 3.05) is 12.3 Å². The lowest BCUT2D eigenvalue weighted by Crippen LogP contribution is -2.16. The second-order valence-electron chi connectivity index (χ2n) is 4.00. The van der Waals surface area contributed by atoms with Gasteiger partial charge < -0.3 is 11.1 Å². The van der Waals surface area contributed by atoms with Crippen LogP contribution in [-0.4, -0.2) is 6.54 Å². The smallest absolute Gasteiger partial charge is 0.126 e. The standard InChI is InChI=1S/C13H14F2N2S/c14-10-5-9(6-11(15)7-10)1-3-17-8-13-12(16)2-4-18-13/h2,4-7,17H,1,3,8,16H2. The van der Waals surface area contributed by atoms with Gasteiger partial charge in [-0.25, -0.2) is 8.78 Å². The van der Waals surface area contributed by atoms with Crippen LogP contribution in [0.1, 0.15) is 10.4 Å². The molecule has 3 N–H and O–H groups in total. The highest BCUT2D eigenvalue weighted by molar-refractivity contribution is 7.10. The van der Waals surface area contributed by atoms with Crippen molar-refractivity contribution in [2.45, 2.75) is 13.0 Å². The summed E-state index contributed by atoms with van der Waals surface area (Å²) in [5.41, 5.74) is 7.18. The molecule has 1 aromatic carbocycles. The number of benzene rings is 1. The molecule has 0 bridgehead atoms. The maximum atomic E-state index is 12.9. The van der Waals surface area contributed by atoms with Crippen LogP contribution >= 0.6 is 11.3 Å². The van der Waals surface area contributed by atoms with Crippen molar-refractivity contribution in [2.24, 2.45) is 0 Å². The van der Waals surface area contributed by atoms with E-state index in [1.54, 1.807) is 11.3 Å². The summed E-state index contributed by atoms with van der Waals surface area (Å²) in [6, 6.07) is 5.45. The predicted molar refractivity (Wildman–Crippen MR) is 70.5 cm³/mol. The monoisotopic (exact) mass is 268 g/mol. The molecule has 0 aliphatic carbocycles. The van der Waals surface area contributed by atoms with E-state index < -0.39 is 11.6 Å². The zero-order chi connectivity index (χ0) is 13.0. The van der Waals surface area contributed by atoms with E-state index in [2.05, 4.69) is 5.32 Å². The van der Waals surface area contributed by atoms with E-state index in [1.807, 2.05) is 11.4 Å².